The molecule has 2 unspecified atom stereocenters. The molecule has 0 fully saturated rings. The number of aliphatic imine (C=N–C) groups is 2. The molecule has 98 valence electrons. The summed E-state index contributed by atoms with van der Waals surface area (Å²) < 4.78 is 0. The van der Waals surface area contributed by atoms with Crippen LogP contribution in [0.4, 0.5) is 0 Å². The van der Waals surface area contributed by atoms with Crippen LogP contribution in [-0.2, 0) is 0 Å². The van der Waals surface area contributed by atoms with E-state index in [2.05, 4.69) is 15.3 Å². The molecule has 0 aliphatic carbocycles. The van der Waals surface area contributed by atoms with Gasteiger partial charge < -0.3 is 11.1 Å². The molecule has 7 nitrogen and oxygen atoms in total. The third-order valence-electron chi connectivity index (χ3n) is 3.06. The molecular formula is C12H15N7. The Morgan fingerprint density at radius 1 is 1.16 bits per heavy atom. The molecule has 0 saturated heterocycles. The van der Waals surface area contributed by atoms with Gasteiger partial charge in [-0.1, -0.05) is 30.3 Å². The predicted octanol–water partition coefficient (Wildman–Crippen LogP) is -0.856. The monoisotopic (exact) mass is 257 g/mol. The molecule has 2 aliphatic rings. The van der Waals surface area contributed by atoms with E-state index in [1.165, 1.54) is 11.3 Å². The average Bonchev–Trinajstić information content (AvgIpc) is 2.43. The summed E-state index contributed by atoms with van der Waals surface area (Å²) in [5.41, 5.74) is 14.5. The molecule has 3 rings (SSSR count). The number of fused-ring (bicyclic) bond motifs is 1. The summed E-state index contributed by atoms with van der Waals surface area (Å²) in [4.78, 5) is 8.41. The minimum atomic E-state index is -0.539. The molecule has 0 saturated carbocycles. The van der Waals surface area contributed by atoms with Crippen LogP contribution in [0.1, 0.15) is 5.56 Å². The zero-order valence-electron chi connectivity index (χ0n) is 10.2. The maximum absolute atomic E-state index is 6.10. The van der Waals surface area contributed by atoms with Crippen LogP contribution in [0.25, 0.3) is 5.70 Å². The molecular weight excluding hydrogens is 242 g/mol. The number of hydrogen-bond donors (Lipinski definition) is 4. The number of rotatable bonds is 1. The lowest BCUT2D eigenvalue weighted by molar-refractivity contribution is 0.377. The van der Waals surface area contributed by atoms with Gasteiger partial charge in [0.05, 0.1) is 11.3 Å². The van der Waals surface area contributed by atoms with Gasteiger partial charge in [0.15, 0.2) is 12.1 Å². The summed E-state index contributed by atoms with van der Waals surface area (Å²) in [5, 5.41) is 4.46. The highest BCUT2D eigenvalue weighted by Crippen LogP contribution is 2.25. The molecule has 7 N–H and O–H groups in total. The quantitative estimate of drug-likeness (QED) is 0.488. The smallest absolute Gasteiger partial charge is 0.173 e. The largest absolute Gasteiger partial charge is 0.351 e. The van der Waals surface area contributed by atoms with E-state index in [9.17, 15) is 0 Å². The van der Waals surface area contributed by atoms with Crippen molar-refractivity contribution in [1.29, 1.82) is 0 Å². The summed E-state index contributed by atoms with van der Waals surface area (Å²) in [6.45, 7) is 0. The second-order valence-corrected chi connectivity index (χ2v) is 4.33. The lowest BCUT2D eigenvalue weighted by Crippen LogP contribution is -2.54. The normalized spacial score (nSPS) is 25.8. The highest BCUT2D eigenvalue weighted by molar-refractivity contribution is 6.11. The van der Waals surface area contributed by atoms with Gasteiger partial charge in [-0.25, -0.2) is 15.8 Å². The number of hydrazine groups is 1. The van der Waals surface area contributed by atoms with Gasteiger partial charge in [-0.2, -0.15) is 0 Å². The van der Waals surface area contributed by atoms with E-state index < -0.39 is 12.5 Å². The number of hydrogen-bond acceptors (Lipinski definition) is 7. The zero-order chi connectivity index (χ0) is 13.4. The highest BCUT2D eigenvalue weighted by Gasteiger charge is 2.31. The molecule has 7 heteroatoms. The van der Waals surface area contributed by atoms with Crippen molar-refractivity contribution in [1.82, 2.24) is 10.3 Å². The Morgan fingerprint density at radius 2 is 1.89 bits per heavy atom. The van der Waals surface area contributed by atoms with Gasteiger partial charge in [-0.3, -0.25) is 10.7 Å². The van der Waals surface area contributed by atoms with Crippen molar-refractivity contribution in [2.75, 3.05) is 0 Å². The fourth-order valence-corrected chi connectivity index (χ4v) is 2.14. The van der Waals surface area contributed by atoms with Gasteiger partial charge in [-0.15, -0.1) is 0 Å². The molecule has 2 heterocycles. The van der Waals surface area contributed by atoms with Crippen molar-refractivity contribution in [2.24, 2.45) is 27.3 Å². The van der Waals surface area contributed by atoms with Crippen LogP contribution in [0, 0.1) is 0 Å². The minimum Gasteiger partial charge on any atom is -0.351 e. The standard InChI is InChI=1S/C12H15N7/c13-10-8-9(7-4-2-1-3-5-7)17-12(14)18-11(8)16-6-19(10)15/h1-6,10,12,17H,13-15H2. The lowest BCUT2D eigenvalue weighted by atomic mass is 10.0. The first-order valence-corrected chi connectivity index (χ1v) is 5.89. The molecule has 1 aromatic rings. The van der Waals surface area contributed by atoms with E-state index in [0.29, 0.717) is 5.84 Å². The molecule has 1 aromatic carbocycles. The van der Waals surface area contributed by atoms with E-state index in [1.807, 2.05) is 30.3 Å². The van der Waals surface area contributed by atoms with Crippen molar-refractivity contribution < 1.29 is 0 Å². The first-order chi connectivity index (χ1) is 9.16. The number of benzene rings is 1. The third kappa shape index (κ3) is 1.99. The minimum absolute atomic E-state index is 0.508. The lowest BCUT2D eigenvalue weighted by Gasteiger charge is -2.33. The maximum Gasteiger partial charge on any atom is 0.173 e. The summed E-state index contributed by atoms with van der Waals surface area (Å²) in [7, 11) is 0. The maximum atomic E-state index is 6.10. The molecule has 0 radical (unpaired) electrons. The summed E-state index contributed by atoms with van der Waals surface area (Å²) in [5.74, 6) is 6.30. The first-order valence-electron chi connectivity index (χ1n) is 5.89. The second-order valence-electron chi connectivity index (χ2n) is 4.33. The van der Waals surface area contributed by atoms with Gasteiger partial charge in [0, 0.05) is 0 Å². The summed E-state index contributed by atoms with van der Waals surface area (Å²) in [6, 6.07) is 9.77. The van der Waals surface area contributed by atoms with Crippen LogP contribution in [-0.4, -0.2) is 29.6 Å². The van der Waals surface area contributed by atoms with Gasteiger partial charge in [-0.05, 0) is 5.56 Å². The van der Waals surface area contributed by atoms with Crippen LogP contribution in [0.5, 0.6) is 0 Å². The number of nitrogens with one attached hydrogen (secondary N) is 1. The molecule has 0 bridgehead atoms. The van der Waals surface area contributed by atoms with Gasteiger partial charge in [0.1, 0.15) is 12.5 Å². The number of nitrogens with zero attached hydrogens (tertiary/aromatic N) is 3. The Kier molecular flexibility index (Phi) is 2.79. The fraction of sp³-hybridized carbons (Fsp3) is 0.167. The van der Waals surface area contributed by atoms with Crippen molar-refractivity contribution >= 4 is 17.9 Å². The van der Waals surface area contributed by atoms with Crippen LogP contribution in [0.15, 0.2) is 45.9 Å². The highest BCUT2D eigenvalue weighted by atomic mass is 15.5. The van der Waals surface area contributed by atoms with Gasteiger partial charge in [0.2, 0.25) is 0 Å². The topological polar surface area (TPSA) is 118 Å². The summed E-state index contributed by atoms with van der Waals surface area (Å²) in [6.07, 6.45) is 0.405. The van der Waals surface area contributed by atoms with Gasteiger partial charge >= 0.3 is 0 Å². The molecule has 2 atom stereocenters. The van der Waals surface area contributed by atoms with Crippen molar-refractivity contribution in [3.63, 3.8) is 0 Å². The Hall–Kier alpha value is -2.22. The van der Waals surface area contributed by atoms with Gasteiger partial charge in [0.25, 0.3) is 0 Å². The molecule has 2 aliphatic heterocycles. The third-order valence-corrected chi connectivity index (χ3v) is 3.06. The molecule has 19 heavy (non-hydrogen) atoms. The second kappa shape index (κ2) is 4.47. The Morgan fingerprint density at radius 3 is 2.63 bits per heavy atom. The van der Waals surface area contributed by atoms with E-state index in [1.54, 1.807) is 0 Å². The number of nitrogens with two attached hydrogens (primary N) is 3. The molecule has 0 aromatic heterocycles. The van der Waals surface area contributed by atoms with E-state index in [4.69, 9.17) is 17.3 Å². The Labute approximate surface area is 110 Å². The average molecular weight is 257 g/mol. The van der Waals surface area contributed by atoms with Crippen molar-refractivity contribution in [3.8, 4) is 0 Å². The van der Waals surface area contributed by atoms with Crippen LogP contribution in [0.2, 0.25) is 0 Å². The van der Waals surface area contributed by atoms with Crippen LogP contribution >= 0.6 is 0 Å². The molecule has 0 amide bonds. The Bertz CT molecular complexity index is 575. The first kappa shape index (κ1) is 11.8. The SMILES string of the molecule is NC1N=C2N=CN(N)C(N)C2=C(c2ccccc2)N1. The number of amidine groups is 1. The van der Waals surface area contributed by atoms with Crippen molar-refractivity contribution in [3.05, 3.63) is 41.5 Å². The Balaban J connectivity index is 2.17. The van der Waals surface area contributed by atoms with E-state index in [-0.39, 0.29) is 0 Å². The van der Waals surface area contributed by atoms with Crippen LogP contribution in [0.3, 0.4) is 0 Å². The summed E-state index contributed by atoms with van der Waals surface area (Å²) >= 11 is 0. The zero-order valence-corrected chi connectivity index (χ0v) is 10.2. The predicted molar refractivity (Wildman–Crippen MR) is 74.4 cm³/mol. The van der Waals surface area contributed by atoms with E-state index in [0.717, 1.165) is 16.8 Å². The molecule has 0 spiro atoms. The van der Waals surface area contributed by atoms with Crippen molar-refractivity contribution in [2.45, 2.75) is 12.5 Å². The van der Waals surface area contributed by atoms with E-state index >= 15 is 0 Å². The van der Waals surface area contributed by atoms with Crippen LogP contribution < -0.4 is 22.6 Å². The fourth-order valence-electron chi connectivity index (χ4n) is 2.14.